The van der Waals surface area contributed by atoms with Gasteiger partial charge in [-0.3, -0.25) is 4.68 Å². The molecule has 2 aromatic heterocycles. The molecular weight excluding hydrogens is 308 g/mol. The number of aryl methyl sites for hydroxylation is 1. The molecule has 8 nitrogen and oxygen atoms in total. The lowest BCUT2D eigenvalue weighted by Gasteiger charge is -2.12. The van der Waals surface area contributed by atoms with Gasteiger partial charge < -0.3 is 15.7 Å². The van der Waals surface area contributed by atoms with Crippen LogP contribution in [-0.4, -0.2) is 37.4 Å². The second kappa shape index (κ2) is 7.29. The fourth-order valence-corrected chi connectivity index (χ4v) is 3.04. The minimum Gasteiger partial charge on any atom is -0.477 e. The zero-order chi connectivity index (χ0) is 16.9. The van der Waals surface area contributed by atoms with E-state index < -0.39 is 5.97 Å². The lowest BCUT2D eigenvalue weighted by Crippen LogP contribution is -2.13. The molecule has 0 unspecified atom stereocenters. The van der Waals surface area contributed by atoms with E-state index >= 15 is 0 Å². The standard InChI is InChI=1S/C16H22N6O2/c1-22-10-12(8-19-22)20-16-18-9-13(15(23)24)14(21-16)17-7-6-11-4-2-3-5-11/h8-11H,2-7H2,1H3,(H,23,24)(H2,17,18,20,21). The molecule has 0 amide bonds. The number of anilines is 3. The van der Waals surface area contributed by atoms with E-state index in [9.17, 15) is 9.90 Å². The minimum absolute atomic E-state index is 0.0816. The molecular formula is C16H22N6O2. The Hall–Kier alpha value is -2.64. The first kappa shape index (κ1) is 16.2. The molecule has 0 aliphatic heterocycles. The third-order valence-electron chi connectivity index (χ3n) is 4.30. The predicted molar refractivity (Wildman–Crippen MR) is 90.5 cm³/mol. The summed E-state index contributed by atoms with van der Waals surface area (Å²) in [6.45, 7) is 0.717. The third kappa shape index (κ3) is 4.01. The number of hydrogen-bond acceptors (Lipinski definition) is 6. The first-order chi connectivity index (χ1) is 11.6. The third-order valence-corrected chi connectivity index (χ3v) is 4.30. The molecule has 1 aliphatic rings. The van der Waals surface area contributed by atoms with Gasteiger partial charge in [0.05, 0.1) is 11.9 Å². The Balaban J connectivity index is 1.69. The van der Waals surface area contributed by atoms with Crippen LogP contribution in [0.15, 0.2) is 18.6 Å². The molecule has 8 heteroatoms. The van der Waals surface area contributed by atoms with E-state index in [4.69, 9.17) is 0 Å². The van der Waals surface area contributed by atoms with Crippen LogP contribution in [0.25, 0.3) is 0 Å². The summed E-state index contributed by atoms with van der Waals surface area (Å²) in [5.74, 6) is 0.394. The summed E-state index contributed by atoms with van der Waals surface area (Å²) >= 11 is 0. The Morgan fingerprint density at radius 1 is 1.38 bits per heavy atom. The maximum Gasteiger partial charge on any atom is 0.341 e. The largest absolute Gasteiger partial charge is 0.477 e. The summed E-state index contributed by atoms with van der Waals surface area (Å²) in [7, 11) is 1.82. The van der Waals surface area contributed by atoms with Gasteiger partial charge in [-0.1, -0.05) is 25.7 Å². The fourth-order valence-electron chi connectivity index (χ4n) is 3.04. The topological polar surface area (TPSA) is 105 Å². The molecule has 24 heavy (non-hydrogen) atoms. The van der Waals surface area contributed by atoms with Crippen molar-refractivity contribution in [2.45, 2.75) is 32.1 Å². The smallest absolute Gasteiger partial charge is 0.341 e. The number of carbonyl (C=O) groups is 1. The van der Waals surface area contributed by atoms with Gasteiger partial charge in [-0.15, -0.1) is 0 Å². The molecule has 0 spiro atoms. The Labute approximate surface area is 140 Å². The summed E-state index contributed by atoms with van der Waals surface area (Å²) in [6, 6.07) is 0. The second-order valence-electron chi connectivity index (χ2n) is 6.15. The molecule has 0 saturated heterocycles. The molecule has 1 saturated carbocycles. The normalized spacial score (nSPS) is 14.7. The van der Waals surface area contributed by atoms with Crippen LogP contribution in [0.2, 0.25) is 0 Å². The van der Waals surface area contributed by atoms with Crippen molar-refractivity contribution in [3.05, 3.63) is 24.2 Å². The van der Waals surface area contributed by atoms with E-state index in [1.807, 2.05) is 7.05 Å². The zero-order valence-corrected chi connectivity index (χ0v) is 13.7. The van der Waals surface area contributed by atoms with Crippen LogP contribution in [0.5, 0.6) is 0 Å². The van der Waals surface area contributed by atoms with Crippen molar-refractivity contribution >= 4 is 23.4 Å². The number of hydrogen-bond donors (Lipinski definition) is 3. The van der Waals surface area contributed by atoms with Crippen LogP contribution < -0.4 is 10.6 Å². The van der Waals surface area contributed by atoms with E-state index in [0.717, 1.165) is 18.0 Å². The first-order valence-corrected chi connectivity index (χ1v) is 8.21. The maximum absolute atomic E-state index is 11.4. The number of carboxylic acids is 1. The summed E-state index contributed by atoms with van der Waals surface area (Å²) in [6.07, 6.45) is 11.0. The average molecular weight is 330 g/mol. The van der Waals surface area contributed by atoms with Crippen LogP contribution in [0.4, 0.5) is 17.5 Å². The van der Waals surface area contributed by atoms with Gasteiger partial charge in [-0.05, 0) is 12.3 Å². The Bertz CT molecular complexity index is 708. The second-order valence-corrected chi connectivity index (χ2v) is 6.15. The van der Waals surface area contributed by atoms with Crippen molar-refractivity contribution < 1.29 is 9.90 Å². The number of aromatic nitrogens is 4. The van der Waals surface area contributed by atoms with E-state index in [1.54, 1.807) is 17.1 Å². The van der Waals surface area contributed by atoms with Crippen molar-refractivity contribution in [2.24, 2.45) is 13.0 Å². The molecule has 0 aromatic carbocycles. The maximum atomic E-state index is 11.4. The highest BCUT2D eigenvalue weighted by Crippen LogP contribution is 2.27. The molecule has 1 fully saturated rings. The van der Waals surface area contributed by atoms with Crippen LogP contribution in [0.1, 0.15) is 42.5 Å². The van der Waals surface area contributed by atoms with E-state index in [0.29, 0.717) is 18.3 Å². The van der Waals surface area contributed by atoms with Crippen LogP contribution in [-0.2, 0) is 7.05 Å². The van der Waals surface area contributed by atoms with Gasteiger partial charge in [0.1, 0.15) is 11.4 Å². The van der Waals surface area contributed by atoms with Crippen molar-refractivity contribution in [2.75, 3.05) is 17.2 Å². The molecule has 128 valence electrons. The SMILES string of the molecule is Cn1cc(Nc2ncc(C(=O)O)c(NCCC3CCCC3)n2)cn1. The van der Waals surface area contributed by atoms with Gasteiger partial charge in [0.25, 0.3) is 0 Å². The fraction of sp³-hybridized carbons (Fsp3) is 0.500. The monoisotopic (exact) mass is 330 g/mol. The molecule has 0 radical (unpaired) electrons. The number of rotatable bonds is 7. The number of nitrogens with one attached hydrogen (secondary N) is 2. The van der Waals surface area contributed by atoms with Crippen molar-refractivity contribution in [3.63, 3.8) is 0 Å². The lowest BCUT2D eigenvalue weighted by atomic mass is 10.0. The summed E-state index contributed by atoms with van der Waals surface area (Å²) < 4.78 is 1.66. The van der Waals surface area contributed by atoms with E-state index in [2.05, 4.69) is 25.7 Å². The van der Waals surface area contributed by atoms with Gasteiger partial charge in [0, 0.05) is 26.0 Å². The van der Waals surface area contributed by atoms with Crippen molar-refractivity contribution in [1.29, 1.82) is 0 Å². The van der Waals surface area contributed by atoms with Crippen LogP contribution in [0, 0.1) is 5.92 Å². The van der Waals surface area contributed by atoms with Gasteiger partial charge in [0.2, 0.25) is 5.95 Å². The predicted octanol–water partition coefficient (Wildman–Crippen LogP) is 2.64. The summed E-state index contributed by atoms with van der Waals surface area (Å²) in [4.78, 5) is 19.7. The highest BCUT2D eigenvalue weighted by Gasteiger charge is 2.17. The molecule has 1 aliphatic carbocycles. The van der Waals surface area contributed by atoms with Gasteiger partial charge in [-0.25, -0.2) is 9.78 Å². The summed E-state index contributed by atoms with van der Waals surface area (Å²) in [5.41, 5.74) is 0.829. The van der Waals surface area contributed by atoms with E-state index in [-0.39, 0.29) is 5.56 Å². The molecule has 2 aromatic rings. The number of carboxylic acid groups (broad SMARTS) is 1. The molecule has 0 atom stereocenters. The molecule has 3 rings (SSSR count). The van der Waals surface area contributed by atoms with Gasteiger partial charge in [0.15, 0.2) is 0 Å². The Morgan fingerprint density at radius 3 is 2.83 bits per heavy atom. The zero-order valence-electron chi connectivity index (χ0n) is 13.7. The molecule has 3 N–H and O–H groups in total. The number of nitrogens with zero attached hydrogens (tertiary/aromatic N) is 4. The molecule has 0 bridgehead atoms. The summed E-state index contributed by atoms with van der Waals surface area (Å²) in [5, 5.41) is 19.6. The number of aromatic carboxylic acids is 1. The average Bonchev–Trinajstić information content (AvgIpc) is 3.19. The quantitative estimate of drug-likeness (QED) is 0.716. The highest BCUT2D eigenvalue weighted by atomic mass is 16.4. The minimum atomic E-state index is -1.04. The highest BCUT2D eigenvalue weighted by molar-refractivity contribution is 5.93. The lowest BCUT2D eigenvalue weighted by molar-refractivity contribution is 0.0697. The Kier molecular flexibility index (Phi) is 4.93. The van der Waals surface area contributed by atoms with Crippen LogP contribution in [0.3, 0.4) is 0 Å². The van der Waals surface area contributed by atoms with Crippen LogP contribution >= 0.6 is 0 Å². The molecule has 2 heterocycles. The van der Waals surface area contributed by atoms with Gasteiger partial charge >= 0.3 is 5.97 Å². The van der Waals surface area contributed by atoms with Crippen molar-refractivity contribution in [3.8, 4) is 0 Å². The van der Waals surface area contributed by atoms with Gasteiger partial charge in [-0.2, -0.15) is 10.1 Å². The van der Waals surface area contributed by atoms with E-state index in [1.165, 1.54) is 31.9 Å². The Morgan fingerprint density at radius 2 is 2.17 bits per heavy atom. The van der Waals surface area contributed by atoms with Crippen molar-refractivity contribution in [1.82, 2.24) is 19.7 Å². The first-order valence-electron chi connectivity index (χ1n) is 8.21.